The number of fused-ring (bicyclic) bond motifs is 1. The molecule has 2 aromatic carbocycles. The van der Waals surface area contributed by atoms with Crippen LogP contribution in [0, 0.1) is 0 Å². The molecule has 0 radical (unpaired) electrons. The summed E-state index contributed by atoms with van der Waals surface area (Å²) in [4.78, 5) is 4.60. The van der Waals surface area contributed by atoms with Crippen LogP contribution in [-0.2, 0) is 6.54 Å². The second kappa shape index (κ2) is 4.31. The summed E-state index contributed by atoms with van der Waals surface area (Å²) in [5, 5.41) is 10.1. The van der Waals surface area contributed by atoms with E-state index in [2.05, 4.69) is 16.5 Å². The lowest BCUT2D eigenvalue weighted by molar-refractivity contribution is 0.479. The van der Waals surface area contributed by atoms with E-state index in [1.165, 1.54) is 0 Å². The predicted octanol–water partition coefficient (Wildman–Crippen LogP) is 3.01. The molecule has 4 nitrogen and oxygen atoms in total. The Morgan fingerprint density at radius 1 is 1.16 bits per heavy atom. The van der Waals surface area contributed by atoms with E-state index in [9.17, 15) is 5.11 Å². The summed E-state index contributed by atoms with van der Waals surface area (Å²) in [6, 6.07) is 13.3. The van der Waals surface area contributed by atoms with Crippen LogP contribution in [0.3, 0.4) is 0 Å². The van der Waals surface area contributed by atoms with Gasteiger partial charge in [0.15, 0.2) is 0 Å². The fourth-order valence-electron chi connectivity index (χ4n) is 2.34. The molecule has 3 N–H and O–H groups in total. The fraction of sp³-hybridized carbons (Fsp3) is 0.133. The number of nitrogens with two attached hydrogens (primary N) is 1. The smallest absolute Gasteiger partial charge is 0.149 e. The number of hydrogen-bond acceptors (Lipinski definition) is 3. The third-order valence-electron chi connectivity index (χ3n) is 3.28. The molecule has 0 aliphatic rings. The molecule has 0 saturated carbocycles. The number of benzene rings is 2. The van der Waals surface area contributed by atoms with Gasteiger partial charge in [-0.1, -0.05) is 18.2 Å². The number of phenolic OH excluding ortho intramolecular Hbond substituents is 1. The molecule has 19 heavy (non-hydrogen) atoms. The third kappa shape index (κ3) is 1.73. The van der Waals surface area contributed by atoms with Gasteiger partial charge in [0.25, 0.3) is 0 Å². The molecule has 0 saturated heterocycles. The van der Waals surface area contributed by atoms with Crippen molar-refractivity contribution in [3.63, 3.8) is 0 Å². The average molecular weight is 253 g/mol. The Morgan fingerprint density at radius 3 is 2.74 bits per heavy atom. The highest BCUT2D eigenvalue weighted by Crippen LogP contribution is 2.34. The largest absolute Gasteiger partial charge is 0.505 e. The van der Waals surface area contributed by atoms with E-state index in [1.54, 1.807) is 6.07 Å². The zero-order valence-corrected chi connectivity index (χ0v) is 10.7. The average Bonchev–Trinajstić information content (AvgIpc) is 2.80. The number of rotatable bonds is 2. The first-order chi connectivity index (χ1) is 9.22. The monoisotopic (exact) mass is 253 g/mol. The summed E-state index contributed by atoms with van der Waals surface area (Å²) in [6.07, 6.45) is 0. The van der Waals surface area contributed by atoms with Gasteiger partial charge >= 0.3 is 0 Å². The molecule has 1 heterocycles. The lowest BCUT2D eigenvalue weighted by atomic mass is 10.1. The number of phenols is 1. The molecule has 0 spiro atoms. The molecule has 0 bridgehead atoms. The number of imidazole rings is 1. The third-order valence-corrected chi connectivity index (χ3v) is 3.28. The Balaban J connectivity index is 2.33. The Morgan fingerprint density at radius 2 is 1.95 bits per heavy atom. The van der Waals surface area contributed by atoms with E-state index in [0.717, 1.165) is 23.4 Å². The van der Waals surface area contributed by atoms with Crippen LogP contribution in [0.25, 0.3) is 22.4 Å². The van der Waals surface area contributed by atoms with Crippen molar-refractivity contribution in [1.29, 1.82) is 0 Å². The Bertz CT molecular complexity index is 746. The maximum atomic E-state index is 10.1. The van der Waals surface area contributed by atoms with Gasteiger partial charge in [-0.15, -0.1) is 0 Å². The highest BCUT2D eigenvalue weighted by Gasteiger charge is 2.15. The van der Waals surface area contributed by atoms with Gasteiger partial charge in [0, 0.05) is 6.54 Å². The summed E-state index contributed by atoms with van der Waals surface area (Å²) >= 11 is 0. The second-order valence-electron chi connectivity index (χ2n) is 4.41. The predicted molar refractivity (Wildman–Crippen MR) is 76.9 cm³/mol. The van der Waals surface area contributed by atoms with Crippen molar-refractivity contribution in [1.82, 2.24) is 9.55 Å². The van der Waals surface area contributed by atoms with E-state index in [4.69, 9.17) is 5.73 Å². The zero-order valence-electron chi connectivity index (χ0n) is 10.7. The number of hydrogen-bond donors (Lipinski definition) is 2. The van der Waals surface area contributed by atoms with Crippen molar-refractivity contribution in [3.05, 3.63) is 42.5 Å². The Labute approximate surface area is 111 Å². The quantitative estimate of drug-likeness (QED) is 0.545. The van der Waals surface area contributed by atoms with Gasteiger partial charge in [-0.2, -0.15) is 0 Å². The minimum Gasteiger partial charge on any atom is -0.505 e. The SMILES string of the molecule is CCn1c(-c2cccc(N)c2O)nc2ccccc21. The topological polar surface area (TPSA) is 64.1 Å². The van der Waals surface area contributed by atoms with Gasteiger partial charge in [-0.3, -0.25) is 0 Å². The number of aryl methyl sites for hydroxylation is 1. The van der Waals surface area contributed by atoms with E-state index in [0.29, 0.717) is 11.3 Å². The molecular formula is C15H15N3O. The van der Waals surface area contributed by atoms with Crippen LogP contribution in [-0.4, -0.2) is 14.7 Å². The van der Waals surface area contributed by atoms with Gasteiger partial charge in [0.1, 0.15) is 11.6 Å². The van der Waals surface area contributed by atoms with Gasteiger partial charge in [0.05, 0.1) is 22.3 Å². The van der Waals surface area contributed by atoms with Crippen molar-refractivity contribution < 1.29 is 5.11 Å². The Kier molecular flexibility index (Phi) is 2.63. The maximum Gasteiger partial charge on any atom is 0.149 e. The molecule has 0 unspecified atom stereocenters. The summed E-state index contributed by atoms with van der Waals surface area (Å²) in [6.45, 7) is 2.84. The number of nitrogens with zero attached hydrogens (tertiary/aromatic N) is 2. The first-order valence-electron chi connectivity index (χ1n) is 6.25. The molecule has 0 aliphatic carbocycles. The highest BCUT2D eigenvalue weighted by atomic mass is 16.3. The molecule has 3 rings (SSSR count). The van der Waals surface area contributed by atoms with Crippen LogP contribution < -0.4 is 5.73 Å². The summed E-state index contributed by atoms with van der Waals surface area (Å²) in [5.74, 6) is 0.834. The molecule has 0 aliphatic heterocycles. The number of para-hydroxylation sites is 3. The van der Waals surface area contributed by atoms with E-state index in [-0.39, 0.29) is 5.75 Å². The van der Waals surface area contributed by atoms with Crippen LogP contribution in [0.1, 0.15) is 6.92 Å². The molecule has 4 heteroatoms. The highest BCUT2D eigenvalue weighted by molar-refractivity contribution is 5.83. The van der Waals surface area contributed by atoms with E-state index >= 15 is 0 Å². The van der Waals surface area contributed by atoms with Crippen molar-refractivity contribution in [2.75, 3.05) is 5.73 Å². The zero-order chi connectivity index (χ0) is 13.4. The first kappa shape index (κ1) is 11.6. The van der Waals surface area contributed by atoms with Gasteiger partial charge in [-0.25, -0.2) is 4.98 Å². The Hall–Kier alpha value is -2.49. The van der Waals surface area contributed by atoms with Crippen LogP contribution in [0.4, 0.5) is 5.69 Å². The van der Waals surface area contributed by atoms with Crippen LogP contribution in [0.5, 0.6) is 5.75 Å². The van der Waals surface area contributed by atoms with Gasteiger partial charge in [-0.05, 0) is 31.2 Å². The number of aromatic hydroxyl groups is 1. The fourth-order valence-corrected chi connectivity index (χ4v) is 2.34. The molecular weight excluding hydrogens is 238 g/mol. The maximum absolute atomic E-state index is 10.1. The second-order valence-corrected chi connectivity index (χ2v) is 4.41. The van der Waals surface area contributed by atoms with Gasteiger partial charge in [0.2, 0.25) is 0 Å². The van der Waals surface area contributed by atoms with Crippen LogP contribution >= 0.6 is 0 Å². The van der Waals surface area contributed by atoms with Crippen LogP contribution in [0.15, 0.2) is 42.5 Å². The summed E-state index contributed by atoms with van der Waals surface area (Å²) in [5.41, 5.74) is 8.76. The lowest BCUT2D eigenvalue weighted by Gasteiger charge is -2.09. The summed E-state index contributed by atoms with van der Waals surface area (Å²) < 4.78 is 2.07. The minimum atomic E-state index is 0.0903. The number of aromatic nitrogens is 2. The van der Waals surface area contributed by atoms with Crippen molar-refractivity contribution in [2.45, 2.75) is 13.5 Å². The van der Waals surface area contributed by atoms with E-state index in [1.807, 2.05) is 36.4 Å². The van der Waals surface area contributed by atoms with Crippen LogP contribution in [0.2, 0.25) is 0 Å². The molecule has 96 valence electrons. The minimum absolute atomic E-state index is 0.0903. The standard InChI is InChI=1S/C15H15N3O/c1-2-18-13-9-4-3-8-12(13)17-15(18)10-6-5-7-11(16)14(10)19/h3-9,19H,2,16H2,1H3. The lowest BCUT2D eigenvalue weighted by Crippen LogP contribution is -1.98. The van der Waals surface area contributed by atoms with Crippen molar-refractivity contribution in [3.8, 4) is 17.1 Å². The summed E-state index contributed by atoms with van der Waals surface area (Å²) in [7, 11) is 0. The molecule has 1 aromatic heterocycles. The molecule has 0 fully saturated rings. The molecule has 0 amide bonds. The van der Waals surface area contributed by atoms with Crippen molar-refractivity contribution in [2.24, 2.45) is 0 Å². The van der Waals surface area contributed by atoms with Crippen molar-refractivity contribution >= 4 is 16.7 Å². The molecule has 0 atom stereocenters. The van der Waals surface area contributed by atoms with Gasteiger partial charge < -0.3 is 15.4 Å². The number of anilines is 1. The normalized spacial score (nSPS) is 11.0. The van der Waals surface area contributed by atoms with E-state index < -0.39 is 0 Å². The first-order valence-corrected chi connectivity index (χ1v) is 6.25. The number of nitrogen functional groups attached to an aromatic ring is 1. The molecule has 3 aromatic rings.